The number of nitrogens with two attached hydrogens (primary N) is 1. The van der Waals surface area contributed by atoms with Gasteiger partial charge in [-0.25, -0.2) is 4.98 Å². The minimum absolute atomic E-state index is 0.398. The molecule has 5 nitrogen and oxygen atoms in total. The highest BCUT2D eigenvalue weighted by Gasteiger charge is 2.25. The molecule has 0 aliphatic carbocycles. The van der Waals surface area contributed by atoms with Crippen LogP contribution in [0.3, 0.4) is 0 Å². The molecule has 0 spiro atoms. The number of piperidine rings is 1. The molecule has 23 heavy (non-hydrogen) atoms. The quantitative estimate of drug-likeness (QED) is 0.783. The molecular weight excluding hydrogens is 288 g/mol. The molecule has 130 valence electrons. The molecule has 2 rings (SSSR count). The number of nitrogen functional groups attached to an aromatic ring is 1. The Morgan fingerprint density at radius 2 is 1.91 bits per heavy atom. The highest BCUT2D eigenvalue weighted by atomic mass is 16.5. The first-order chi connectivity index (χ1) is 10.9. The van der Waals surface area contributed by atoms with Gasteiger partial charge in [-0.1, -0.05) is 0 Å². The molecule has 1 aliphatic heterocycles. The second kappa shape index (κ2) is 7.97. The highest BCUT2D eigenvalue weighted by molar-refractivity contribution is 5.63. The molecule has 1 aromatic heterocycles. The van der Waals surface area contributed by atoms with Crippen LogP contribution in [0.25, 0.3) is 0 Å². The molecule has 0 atom stereocenters. The molecule has 2 heterocycles. The predicted octanol–water partition coefficient (Wildman–Crippen LogP) is 2.86. The summed E-state index contributed by atoms with van der Waals surface area (Å²) in [7, 11) is 4.16. The maximum Gasteiger partial charge on any atom is 0.152 e. The Balaban J connectivity index is 2.05. The van der Waals surface area contributed by atoms with Gasteiger partial charge < -0.3 is 20.3 Å². The van der Waals surface area contributed by atoms with Crippen LogP contribution in [0, 0.1) is 0 Å². The zero-order valence-electron chi connectivity index (χ0n) is 15.1. The number of pyridine rings is 1. The van der Waals surface area contributed by atoms with Crippen LogP contribution in [0.1, 0.15) is 45.2 Å². The van der Waals surface area contributed by atoms with Gasteiger partial charge >= 0.3 is 0 Å². The first kappa shape index (κ1) is 18.0. The summed E-state index contributed by atoms with van der Waals surface area (Å²) in [6.45, 7) is 8.03. The lowest BCUT2D eigenvalue weighted by Gasteiger charge is -2.31. The summed E-state index contributed by atoms with van der Waals surface area (Å²) in [4.78, 5) is 9.33. The average molecular weight is 320 g/mol. The Kier molecular flexibility index (Phi) is 6.25. The van der Waals surface area contributed by atoms with Gasteiger partial charge in [0.05, 0.1) is 11.4 Å². The number of nitrogens with zero attached hydrogens (tertiary/aromatic N) is 3. The number of ether oxygens (including phenoxy) is 1. The van der Waals surface area contributed by atoms with E-state index in [1.807, 2.05) is 12.1 Å². The van der Waals surface area contributed by atoms with Crippen molar-refractivity contribution in [2.75, 3.05) is 51.0 Å². The fourth-order valence-electron chi connectivity index (χ4n) is 2.94. The van der Waals surface area contributed by atoms with Crippen molar-refractivity contribution in [3.05, 3.63) is 17.8 Å². The third kappa shape index (κ3) is 5.08. The van der Waals surface area contributed by atoms with Gasteiger partial charge in [-0.3, -0.25) is 0 Å². The van der Waals surface area contributed by atoms with Crippen LogP contribution in [0.2, 0.25) is 0 Å². The van der Waals surface area contributed by atoms with Crippen LogP contribution in [0.4, 0.5) is 11.5 Å². The molecule has 0 aromatic carbocycles. The molecule has 0 amide bonds. The van der Waals surface area contributed by atoms with Crippen molar-refractivity contribution in [1.82, 2.24) is 9.88 Å². The highest BCUT2D eigenvalue weighted by Crippen LogP contribution is 2.30. The van der Waals surface area contributed by atoms with Gasteiger partial charge in [-0.2, -0.15) is 0 Å². The van der Waals surface area contributed by atoms with Crippen molar-refractivity contribution in [3.8, 4) is 0 Å². The maximum atomic E-state index is 6.17. The molecule has 2 N–H and O–H groups in total. The van der Waals surface area contributed by atoms with E-state index in [1.165, 1.54) is 19.3 Å². The zero-order valence-corrected chi connectivity index (χ0v) is 15.1. The van der Waals surface area contributed by atoms with Gasteiger partial charge in [-0.05, 0) is 72.3 Å². The minimum atomic E-state index is -0.398. The van der Waals surface area contributed by atoms with Crippen LogP contribution >= 0.6 is 0 Å². The Labute approximate surface area is 140 Å². The van der Waals surface area contributed by atoms with E-state index in [0.717, 1.165) is 49.9 Å². The van der Waals surface area contributed by atoms with Gasteiger partial charge in [0.1, 0.15) is 5.60 Å². The summed E-state index contributed by atoms with van der Waals surface area (Å²) in [6, 6.07) is 3.96. The monoisotopic (exact) mass is 320 g/mol. The molecule has 1 saturated heterocycles. The summed E-state index contributed by atoms with van der Waals surface area (Å²) in [5.74, 6) is 0.923. The average Bonchev–Trinajstić information content (AvgIpc) is 2.52. The van der Waals surface area contributed by atoms with Gasteiger partial charge in [0.15, 0.2) is 5.82 Å². The van der Waals surface area contributed by atoms with Crippen molar-refractivity contribution >= 4 is 11.5 Å². The first-order valence-corrected chi connectivity index (χ1v) is 8.71. The Morgan fingerprint density at radius 3 is 2.57 bits per heavy atom. The fraction of sp³-hybridized carbons (Fsp3) is 0.722. The van der Waals surface area contributed by atoms with E-state index in [9.17, 15) is 0 Å². The Bertz CT molecular complexity index is 496. The lowest BCUT2D eigenvalue weighted by atomic mass is 10.0. The first-order valence-electron chi connectivity index (χ1n) is 8.71. The van der Waals surface area contributed by atoms with Crippen molar-refractivity contribution < 1.29 is 4.74 Å². The molecule has 1 fully saturated rings. The van der Waals surface area contributed by atoms with Crippen LogP contribution in [0.5, 0.6) is 0 Å². The molecule has 1 aromatic rings. The van der Waals surface area contributed by atoms with Crippen molar-refractivity contribution in [2.45, 2.75) is 45.1 Å². The normalized spacial score (nSPS) is 16.1. The van der Waals surface area contributed by atoms with Crippen molar-refractivity contribution in [1.29, 1.82) is 0 Å². The van der Waals surface area contributed by atoms with E-state index in [1.54, 1.807) is 0 Å². The van der Waals surface area contributed by atoms with Gasteiger partial charge in [0.2, 0.25) is 0 Å². The number of hydrogen-bond acceptors (Lipinski definition) is 5. The van der Waals surface area contributed by atoms with E-state index in [4.69, 9.17) is 15.5 Å². The van der Waals surface area contributed by atoms with E-state index in [0.29, 0.717) is 0 Å². The standard InChI is InChI=1S/C18H32N4O/c1-18(2,23-14-8-11-21(3)4)16-10-9-15(19)17(20-16)22-12-6-5-7-13-22/h9-10H,5-8,11-14,19H2,1-4H3. The van der Waals surface area contributed by atoms with E-state index in [2.05, 4.69) is 37.7 Å². The minimum Gasteiger partial charge on any atom is -0.396 e. The largest absolute Gasteiger partial charge is 0.396 e. The van der Waals surface area contributed by atoms with Crippen LogP contribution < -0.4 is 10.6 Å². The molecular formula is C18H32N4O. The smallest absolute Gasteiger partial charge is 0.152 e. The summed E-state index contributed by atoms with van der Waals surface area (Å²) in [5, 5.41) is 0. The van der Waals surface area contributed by atoms with Crippen LogP contribution in [0.15, 0.2) is 12.1 Å². The second-order valence-electron chi connectivity index (χ2n) is 7.17. The summed E-state index contributed by atoms with van der Waals surface area (Å²) < 4.78 is 6.10. The molecule has 0 unspecified atom stereocenters. The molecule has 5 heteroatoms. The van der Waals surface area contributed by atoms with Gasteiger partial charge in [0.25, 0.3) is 0 Å². The lowest BCUT2D eigenvalue weighted by Crippen LogP contribution is -2.32. The Hall–Kier alpha value is -1.33. The maximum absolute atomic E-state index is 6.17. The number of hydrogen-bond donors (Lipinski definition) is 1. The molecule has 1 aliphatic rings. The zero-order chi connectivity index (χ0) is 16.9. The predicted molar refractivity (Wildman–Crippen MR) is 96.9 cm³/mol. The van der Waals surface area contributed by atoms with Crippen molar-refractivity contribution in [3.63, 3.8) is 0 Å². The number of rotatable bonds is 7. The van der Waals surface area contributed by atoms with Gasteiger partial charge in [0, 0.05) is 19.7 Å². The van der Waals surface area contributed by atoms with E-state index >= 15 is 0 Å². The third-order valence-corrected chi connectivity index (χ3v) is 4.39. The summed E-state index contributed by atoms with van der Waals surface area (Å²) in [5.41, 5.74) is 7.49. The Morgan fingerprint density at radius 1 is 1.22 bits per heavy atom. The lowest BCUT2D eigenvalue weighted by molar-refractivity contribution is -0.0273. The number of aromatic nitrogens is 1. The van der Waals surface area contributed by atoms with Crippen molar-refractivity contribution in [2.24, 2.45) is 0 Å². The van der Waals surface area contributed by atoms with Gasteiger partial charge in [-0.15, -0.1) is 0 Å². The second-order valence-corrected chi connectivity index (χ2v) is 7.17. The van der Waals surface area contributed by atoms with E-state index in [-0.39, 0.29) is 0 Å². The number of anilines is 2. The topological polar surface area (TPSA) is 54.6 Å². The van der Waals surface area contributed by atoms with E-state index < -0.39 is 5.60 Å². The molecule has 0 radical (unpaired) electrons. The third-order valence-electron chi connectivity index (χ3n) is 4.39. The van der Waals surface area contributed by atoms with Crippen LogP contribution in [-0.2, 0) is 10.3 Å². The van der Waals surface area contributed by atoms with Crippen LogP contribution in [-0.4, -0.2) is 50.2 Å². The summed E-state index contributed by atoms with van der Waals surface area (Å²) in [6.07, 6.45) is 4.76. The molecule has 0 saturated carbocycles. The summed E-state index contributed by atoms with van der Waals surface area (Å²) >= 11 is 0. The molecule has 0 bridgehead atoms. The fourth-order valence-corrected chi connectivity index (χ4v) is 2.94. The SMILES string of the molecule is CN(C)CCCOC(C)(C)c1ccc(N)c(N2CCCCC2)n1.